The molecule has 3 aromatic carbocycles. The maximum Gasteiger partial charge on any atom is 0.324 e. The van der Waals surface area contributed by atoms with Crippen molar-refractivity contribution in [1.29, 1.82) is 0 Å². The second kappa shape index (κ2) is 14.8. The van der Waals surface area contributed by atoms with Crippen LogP contribution < -0.4 is 20.7 Å². The van der Waals surface area contributed by atoms with Gasteiger partial charge in [-0.05, 0) is 86.2 Å². The van der Waals surface area contributed by atoms with Crippen LogP contribution in [0.1, 0.15) is 54.8 Å². The van der Waals surface area contributed by atoms with Crippen LogP contribution in [0.25, 0.3) is 16.5 Å². The van der Waals surface area contributed by atoms with Crippen LogP contribution in [0, 0.1) is 13.8 Å². The average Bonchev–Trinajstić information content (AvgIpc) is 3.49. The van der Waals surface area contributed by atoms with E-state index in [1.54, 1.807) is 18.6 Å². The summed E-state index contributed by atoms with van der Waals surface area (Å²) in [7, 11) is 0. The normalized spacial score (nSPS) is 11.0. The third kappa shape index (κ3) is 7.78. The van der Waals surface area contributed by atoms with Gasteiger partial charge in [-0.25, -0.2) is 19.4 Å². The number of hydrogen-bond acceptors (Lipinski definition) is 7. The van der Waals surface area contributed by atoms with Crippen molar-refractivity contribution < 1.29 is 9.53 Å². The van der Waals surface area contributed by atoms with Gasteiger partial charge in [0.2, 0.25) is 0 Å². The Hall–Kier alpha value is -5.77. The van der Waals surface area contributed by atoms with Crippen molar-refractivity contribution in [2.75, 3.05) is 16.0 Å². The van der Waals surface area contributed by atoms with Gasteiger partial charge in [0.05, 0.1) is 29.0 Å². The van der Waals surface area contributed by atoms with E-state index >= 15 is 0 Å². The Kier molecular flexibility index (Phi) is 9.90. The summed E-state index contributed by atoms with van der Waals surface area (Å²) in [5.74, 6) is 2.62. The third-order valence-corrected chi connectivity index (χ3v) is 7.89. The van der Waals surface area contributed by atoms with Gasteiger partial charge in [-0.3, -0.25) is 10.3 Å². The molecule has 6 rings (SSSR count). The fraction of sp³-hybridized carbons (Fsp3) is 0.237. The van der Waals surface area contributed by atoms with Gasteiger partial charge in [-0.15, -0.1) is 0 Å². The molecule has 244 valence electrons. The van der Waals surface area contributed by atoms with Crippen LogP contribution in [0.3, 0.4) is 0 Å². The number of anilines is 4. The Morgan fingerprint density at radius 3 is 2.46 bits per heavy atom. The van der Waals surface area contributed by atoms with Crippen LogP contribution in [0.15, 0.2) is 91.4 Å². The Morgan fingerprint density at radius 2 is 1.67 bits per heavy atom. The minimum atomic E-state index is -0.354. The molecule has 3 aromatic heterocycles. The van der Waals surface area contributed by atoms with E-state index in [2.05, 4.69) is 69.9 Å². The largest absolute Gasteiger partial charge is 0.488 e. The van der Waals surface area contributed by atoms with E-state index in [0.29, 0.717) is 35.5 Å². The van der Waals surface area contributed by atoms with Crippen LogP contribution in [0.5, 0.6) is 5.75 Å². The van der Waals surface area contributed by atoms with Gasteiger partial charge >= 0.3 is 6.03 Å². The van der Waals surface area contributed by atoms with E-state index in [1.807, 2.05) is 66.2 Å². The second-order valence-corrected chi connectivity index (χ2v) is 11.8. The fourth-order valence-corrected chi connectivity index (χ4v) is 5.61. The van der Waals surface area contributed by atoms with Gasteiger partial charge in [0.15, 0.2) is 0 Å². The average molecular weight is 641 g/mol. The van der Waals surface area contributed by atoms with Crippen molar-refractivity contribution in [3.05, 3.63) is 119 Å². The number of aryl methyl sites for hydroxylation is 4. The van der Waals surface area contributed by atoms with Crippen LogP contribution in [-0.2, 0) is 19.4 Å². The Balaban J connectivity index is 1.18. The number of fused-ring (bicyclic) bond motifs is 1. The number of aromatic nitrogens is 5. The molecule has 0 fully saturated rings. The van der Waals surface area contributed by atoms with E-state index < -0.39 is 0 Å². The fourth-order valence-electron chi connectivity index (χ4n) is 5.61. The monoisotopic (exact) mass is 640 g/mol. The van der Waals surface area contributed by atoms with Crippen LogP contribution >= 0.6 is 0 Å². The maximum atomic E-state index is 13.4. The zero-order chi connectivity index (χ0) is 33.5. The van der Waals surface area contributed by atoms with Crippen molar-refractivity contribution in [1.82, 2.24) is 24.7 Å². The molecule has 0 unspecified atom stereocenters. The van der Waals surface area contributed by atoms with Crippen molar-refractivity contribution in [3.63, 3.8) is 0 Å². The number of nitrogens with zero attached hydrogens (tertiary/aromatic N) is 5. The summed E-state index contributed by atoms with van der Waals surface area (Å²) in [5, 5.41) is 15.9. The zero-order valence-electron chi connectivity index (χ0n) is 27.7. The molecule has 6 aromatic rings. The Morgan fingerprint density at radius 1 is 0.854 bits per heavy atom. The van der Waals surface area contributed by atoms with Crippen molar-refractivity contribution in [2.24, 2.45) is 0 Å². The summed E-state index contributed by atoms with van der Waals surface area (Å²) in [5.41, 5.74) is 6.63. The molecule has 3 heterocycles. The third-order valence-electron chi connectivity index (χ3n) is 7.89. The highest BCUT2D eigenvalue weighted by Gasteiger charge is 2.15. The van der Waals surface area contributed by atoms with Gasteiger partial charge in [-0.1, -0.05) is 50.6 Å². The quantitative estimate of drug-likeness (QED) is 0.122. The number of ether oxygens (including phenoxy) is 1. The number of amides is 2. The minimum Gasteiger partial charge on any atom is -0.488 e. The molecule has 48 heavy (non-hydrogen) atoms. The number of rotatable bonds is 12. The Labute approximate surface area is 280 Å². The van der Waals surface area contributed by atoms with Gasteiger partial charge in [0.25, 0.3) is 0 Å². The lowest BCUT2D eigenvalue weighted by Gasteiger charge is -2.15. The molecule has 10 nitrogen and oxygen atoms in total. The summed E-state index contributed by atoms with van der Waals surface area (Å²) in [6, 6.07) is 23.3. The predicted octanol–water partition coefficient (Wildman–Crippen LogP) is 8.70. The van der Waals surface area contributed by atoms with Gasteiger partial charge < -0.3 is 15.4 Å². The first kappa shape index (κ1) is 32.2. The molecular formula is C38H40N8O2. The van der Waals surface area contributed by atoms with Crippen LogP contribution in [0.2, 0.25) is 0 Å². The van der Waals surface area contributed by atoms with Gasteiger partial charge in [0, 0.05) is 29.2 Å². The summed E-state index contributed by atoms with van der Waals surface area (Å²) < 4.78 is 8.11. The van der Waals surface area contributed by atoms with E-state index in [-0.39, 0.29) is 6.03 Å². The molecule has 0 saturated carbocycles. The van der Waals surface area contributed by atoms with Crippen molar-refractivity contribution >= 4 is 39.9 Å². The Bertz CT molecular complexity index is 2030. The lowest BCUT2D eigenvalue weighted by molar-refractivity contribution is 0.262. The summed E-state index contributed by atoms with van der Waals surface area (Å²) >= 11 is 0. The molecule has 0 aliphatic carbocycles. The number of unbranched alkanes of at least 4 members (excludes halogenated alkanes) is 1. The van der Waals surface area contributed by atoms with E-state index in [1.165, 1.54) is 0 Å². The van der Waals surface area contributed by atoms with E-state index in [9.17, 15) is 4.79 Å². The number of urea groups is 1. The molecule has 0 bridgehead atoms. The van der Waals surface area contributed by atoms with Gasteiger partial charge in [0.1, 0.15) is 29.8 Å². The molecule has 0 spiro atoms. The topological polar surface area (TPSA) is 119 Å². The summed E-state index contributed by atoms with van der Waals surface area (Å²) in [6.45, 7) is 8.65. The standard InChI is InChI=1S/C38H40N8O2/c1-5-7-10-29-21-37(46(45-29)30-18-25(3)17-26(4)19-30)44-38(47)42-33-13-14-34(32-12-9-8-11-31(32)33)48-24-27-15-16-40-35(20-27)43-36-23-39-22-28(6-2)41-36/h8-9,11-23H,5-7,10,24H2,1-4H3,(H,40,41,43)(H2,42,44,47). The zero-order valence-corrected chi connectivity index (χ0v) is 27.7. The smallest absolute Gasteiger partial charge is 0.324 e. The van der Waals surface area contributed by atoms with E-state index in [4.69, 9.17) is 9.84 Å². The highest BCUT2D eigenvalue weighted by molar-refractivity contribution is 6.07. The summed E-state index contributed by atoms with van der Waals surface area (Å²) in [6.07, 6.45) is 8.91. The number of carbonyl (C=O) groups excluding carboxylic acids is 1. The molecule has 2 amide bonds. The minimum absolute atomic E-state index is 0.331. The molecule has 0 radical (unpaired) electrons. The lowest BCUT2D eigenvalue weighted by atomic mass is 10.1. The van der Waals surface area contributed by atoms with E-state index in [0.717, 1.165) is 70.2 Å². The maximum absolute atomic E-state index is 13.4. The summed E-state index contributed by atoms with van der Waals surface area (Å²) in [4.78, 5) is 26.7. The lowest BCUT2D eigenvalue weighted by Crippen LogP contribution is -2.21. The first-order chi connectivity index (χ1) is 23.4. The first-order valence-electron chi connectivity index (χ1n) is 16.3. The predicted molar refractivity (Wildman–Crippen MR) is 192 cm³/mol. The molecular weight excluding hydrogens is 600 g/mol. The molecule has 0 aliphatic rings. The van der Waals surface area contributed by atoms with Crippen LogP contribution in [-0.4, -0.2) is 30.8 Å². The number of pyridine rings is 1. The molecule has 0 saturated heterocycles. The molecule has 10 heteroatoms. The number of hydrogen-bond donors (Lipinski definition) is 3. The number of nitrogens with one attached hydrogen (secondary N) is 3. The molecule has 0 aliphatic heterocycles. The van der Waals surface area contributed by atoms with Crippen LogP contribution in [0.4, 0.5) is 27.9 Å². The SMILES string of the molecule is CCCCc1cc(NC(=O)Nc2ccc(OCc3ccnc(Nc4cncc(CC)n4)c3)c3ccccc23)n(-c2cc(C)cc(C)c2)n1. The number of carbonyl (C=O) groups is 1. The highest BCUT2D eigenvalue weighted by Crippen LogP contribution is 2.32. The van der Waals surface area contributed by atoms with Gasteiger partial charge in [-0.2, -0.15) is 5.10 Å². The second-order valence-electron chi connectivity index (χ2n) is 11.8. The highest BCUT2D eigenvalue weighted by atomic mass is 16.5. The van der Waals surface area contributed by atoms with Crippen molar-refractivity contribution in [2.45, 2.75) is 60.0 Å². The molecule has 0 atom stereocenters. The number of benzene rings is 3. The van der Waals surface area contributed by atoms with Crippen molar-refractivity contribution in [3.8, 4) is 11.4 Å². The molecule has 3 N–H and O–H groups in total. The first-order valence-corrected chi connectivity index (χ1v) is 16.3.